The molecule has 0 saturated heterocycles. The van der Waals surface area contributed by atoms with Gasteiger partial charge in [-0.3, -0.25) is 0 Å². The smallest absolute Gasteiger partial charge is 0.00201 e. The van der Waals surface area contributed by atoms with Gasteiger partial charge in [0.2, 0.25) is 0 Å². The van der Waals surface area contributed by atoms with E-state index in [4.69, 9.17) is 0 Å². The third-order valence-electron chi connectivity index (χ3n) is 11.6. The molecule has 9 aromatic rings. The van der Waals surface area contributed by atoms with E-state index < -0.39 is 0 Å². The van der Waals surface area contributed by atoms with Gasteiger partial charge in [-0.05, 0) is 152 Å². The Kier molecular flexibility index (Phi) is 6.42. The molecule has 0 N–H and O–H groups in total. The van der Waals surface area contributed by atoms with Crippen molar-refractivity contribution in [3.05, 3.63) is 194 Å². The average molecular weight is 671 g/mol. The van der Waals surface area contributed by atoms with Crippen molar-refractivity contribution in [2.45, 2.75) is 6.92 Å². The zero-order valence-corrected chi connectivity index (χ0v) is 29.5. The monoisotopic (exact) mass is 670 g/mol. The molecule has 0 bridgehead atoms. The first-order chi connectivity index (χ1) is 26.1. The third-order valence-corrected chi connectivity index (χ3v) is 11.6. The molecule has 0 radical (unpaired) electrons. The van der Waals surface area contributed by atoms with Crippen molar-refractivity contribution in [3.63, 3.8) is 0 Å². The van der Waals surface area contributed by atoms with E-state index in [1.54, 1.807) is 0 Å². The summed E-state index contributed by atoms with van der Waals surface area (Å²) in [6.07, 6.45) is 6.37. The van der Waals surface area contributed by atoms with Crippen molar-refractivity contribution in [2.75, 3.05) is 0 Å². The zero-order chi connectivity index (χ0) is 35.2. The van der Waals surface area contributed by atoms with Gasteiger partial charge in [0, 0.05) is 0 Å². The maximum atomic E-state index is 4.47. The Morgan fingerprint density at radius 2 is 0.830 bits per heavy atom. The molecule has 2 aliphatic carbocycles. The lowest BCUT2D eigenvalue weighted by molar-refractivity contribution is 1.64. The van der Waals surface area contributed by atoms with Crippen LogP contribution in [0.4, 0.5) is 0 Å². The number of rotatable bonds is 4. The summed E-state index contributed by atoms with van der Waals surface area (Å²) in [5.74, 6) is 0. The molecule has 0 aliphatic heterocycles. The van der Waals surface area contributed by atoms with Crippen LogP contribution < -0.4 is 0 Å². The van der Waals surface area contributed by atoms with E-state index in [0.29, 0.717) is 0 Å². The molecule has 0 amide bonds. The summed E-state index contributed by atoms with van der Waals surface area (Å²) in [6.45, 7) is 6.53. The lowest BCUT2D eigenvalue weighted by Gasteiger charge is -2.12. The van der Waals surface area contributed by atoms with E-state index in [2.05, 4.69) is 189 Å². The minimum Gasteiger partial charge on any atom is -0.0905 e. The minimum atomic E-state index is 1.10. The molecular weight excluding hydrogens is 637 g/mol. The maximum absolute atomic E-state index is 4.47. The standard InChI is InChI=1S/C53H34/c1-3-4-9-41-32(2)42-12-7-13-47-43(24-26-50(41)52(42)47)37-22-18-33-16-20-35(28-39(33)30-37)36-21-17-34-19-23-38(31-40(34)29-36)44-25-27-51-46-11-6-5-10-45(46)49-15-8-14-48(44)53(49)51/h3-31H,2H2,1H3/b4-3-,41-9+. The second kappa shape index (κ2) is 11.4. The Morgan fingerprint density at radius 1 is 0.377 bits per heavy atom. The Balaban J connectivity index is 0.990. The lowest BCUT2D eigenvalue weighted by atomic mass is 9.91. The summed E-state index contributed by atoms with van der Waals surface area (Å²) in [6, 6.07) is 58.9. The van der Waals surface area contributed by atoms with Gasteiger partial charge in [0.1, 0.15) is 0 Å². The predicted octanol–water partition coefficient (Wildman–Crippen LogP) is 14.9. The Labute approximate surface area is 309 Å². The quantitative estimate of drug-likeness (QED) is 0.175. The van der Waals surface area contributed by atoms with Crippen molar-refractivity contribution in [2.24, 2.45) is 0 Å². The molecule has 9 aromatic carbocycles. The molecule has 11 rings (SSSR count). The van der Waals surface area contributed by atoms with Gasteiger partial charge < -0.3 is 0 Å². The molecular formula is C53H34. The van der Waals surface area contributed by atoms with E-state index in [1.807, 2.05) is 0 Å². The fraction of sp³-hybridized carbons (Fsp3) is 0.0189. The second-order valence-electron chi connectivity index (χ2n) is 14.5. The van der Waals surface area contributed by atoms with Gasteiger partial charge in [-0.15, -0.1) is 0 Å². The first kappa shape index (κ1) is 29.9. The second-order valence-corrected chi connectivity index (χ2v) is 14.5. The summed E-state index contributed by atoms with van der Waals surface area (Å²) >= 11 is 0. The van der Waals surface area contributed by atoms with Gasteiger partial charge in [0.25, 0.3) is 0 Å². The third kappa shape index (κ3) is 4.43. The van der Waals surface area contributed by atoms with Gasteiger partial charge in [-0.1, -0.05) is 158 Å². The molecule has 0 atom stereocenters. The topological polar surface area (TPSA) is 0 Å². The van der Waals surface area contributed by atoms with Gasteiger partial charge in [-0.25, -0.2) is 0 Å². The lowest BCUT2D eigenvalue weighted by Crippen LogP contribution is -1.86. The molecule has 53 heavy (non-hydrogen) atoms. The Morgan fingerprint density at radius 3 is 1.42 bits per heavy atom. The van der Waals surface area contributed by atoms with Crippen LogP contribution in [0.2, 0.25) is 0 Å². The highest BCUT2D eigenvalue weighted by Crippen LogP contribution is 2.50. The number of hydrogen-bond acceptors (Lipinski definition) is 0. The summed E-state index contributed by atoms with van der Waals surface area (Å²) in [5.41, 5.74) is 17.6. The van der Waals surface area contributed by atoms with Gasteiger partial charge in [0.05, 0.1) is 0 Å². The molecule has 0 heteroatoms. The largest absolute Gasteiger partial charge is 0.0905 e. The molecule has 0 spiro atoms. The predicted molar refractivity (Wildman–Crippen MR) is 229 cm³/mol. The Hall–Kier alpha value is -6.76. The van der Waals surface area contributed by atoms with E-state index in [-0.39, 0.29) is 0 Å². The van der Waals surface area contributed by atoms with Crippen LogP contribution in [0, 0.1) is 0 Å². The number of benzene rings is 9. The fourth-order valence-corrected chi connectivity index (χ4v) is 9.07. The van der Waals surface area contributed by atoms with E-state index >= 15 is 0 Å². The van der Waals surface area contributed by atoms with Crippen LogP contribution in [-0.4, -0.2) is 0 Å². The van der Waals surface area contributed by atoms with E-state index in [1.165, 1.54) is 115 Å². The van der Waals surface area contributed by atoms with Gasteiger partial charge in [-0.2, -0.15) is 0 Å². The summed E-state index contributed by atoms with van der Waals surface area (Å²) in [4.78, 5) is 0. The average Bonchev–Trinajstić information content (AvgIpc) is 3.69. The first-order valence-corrected chi connectivity index (χ1v) is 18.5. The summed E-state index contributed by atoms with van der Waals surface area (Å²) in [7, 11) is 0. The van der Waals surface area contributed by atoms with E-state index in [0.717, 1.165) is 5.57 Å². The molecule has 2 aliphatic rings. The molecule has 0 unspecified atom stereocenters. The zero-order valence-electron chi connectivity index (χ0n) is 29.5. The molecule has 0 aromatic heterocycles. The number of fused-ring (bicyclic) bond motifs is 5. The molecule has 246 valence electrons. The van der Waals surface area contributed by atoms with Crippen LogP contribution >= 0.6 is 0 Å². The van der Waals surface area contributed by atoms with Crippen molar-refractivity contribution in [3.8, 4) is 55.6 Å². The van der Waals surface area contributed by atoms with Crippen molar-refractivity contribution in [1.29, 1.82) is 0 Å². The van der Waals surface area contributed by atoms with Crippen LogP contribution in [0.25, 0.3) is 110 Å². The van der Waals surface area contributed by atoms with E-state index in [9.17, 15) is 0 Å². The highest BCUT2D eigenvalue weighted by Gasteiger charge is 2.24. The van der Waals surface area contributed by atoms with Crippen molar-refractivity contribution < 1.29 is 0 Å². The molecule has 0 saturated carbocycles. The van der Waals surface area contributed by atoms with Crippen LogP contribution in [0.1, 0.15) is 18.1 Å². The molecule has 0 nitrogen and oxygen atoms in total. The first-order valence-electron chi connectivity index (χ1n) is 18.5. The van der Waals surface area contributed by atoms with Crippen LogP contribution in [0.15, 0.2) is 183 Å². The highest BCUT2D eigenvalue weighted by atomic mass is 14.3. The van der Waals surface area contributed by atoms with Crippen LogP contribution in [-0.2, 0) is 0 Å². The van der Waals surface area contributed by atoms with Crippen LogP contribution in [0.3, 0.4) is 0 Å². The fourth-order valence-electron chi connectivity index (χ4n) is 9.07. The molecule has 0 heterocycles. The van der Waals surface area contributed by atoms with Gasteiger partial charge >= 0.3 is 0 Å². The number of allylic oxidation sites excluding steroid dienone is 5. The molecule has 0 fully saturated rings. The number of hydrogen-bond donors (Lipinski definition) is 0. The summed E-state index contributed by atoms with van der Waals surface area (Å²) < 4.78 is 0. The van der Waals surface area contributed by atoms with Crippen molar-refractivity contribution >= 4 is 54.2 Å². The minimum absolute atomic E-state index is 1.10. The van der Waals surface area contributed by atoms with Crippen molar-refractivity contribution in [1.82, 2.24) is 0 Å². The highest BCUT2D eigenvalue weighted by molar-refractivity contribution is 6.24. The Bertz CT molecular complexity index is 3100. The van der Waals surface area contributed by atoms with Gasteiger partial charge in [0.15, 0.2) is 0 Å². The van der Waals surface area contributed by atoms with Crippen LogP contribution in [0.5, 0.6) is 0 Å². The summed E-state index contributed by atoms with van der Waals surface area (Å²) in [5, 5.41) is 10.2. The normalized spacial score (nSPS) is 13.8. The maximum Gasteiger partial charge on any atom is -0.00201 e. The SMILES string of the molecule is C=C1/C(=C\C=C/C)c2ccc(-c3ccc4ccc(-c5ccc6ccc(-c7ccc8c9c(cccc79)-c7ccccc7-8)cc6c5)cc4c3)c3cccc1c23.